The largest absolute Gasteiger partial charge is 0.416 e. The highest BCUT2D eigenvalue weighted by atomic mass is 32.2. The maximum atomic E-state index is 12.9. The van der Waals surface area contributed by atoms with Crippen molar-refractivity contribution in [1.82, 2.24) is 9.88 Å². The average Bonchev–Trinajstić information content (AvgIpc) is 3.33. The molecule has 0 atom stereocenters. The molecule has 6 nitrogen and oxygen atoms in total. The van der Waals surface area contributed by atoms with E-state index in [-0.39, 0.29) is 16.5 Å². The molecule has 2 aromatic carbocycles. The van der Waals surface area contributed by atoms with Crippen LogP contribution < -0.4 is 5.32 Å². The number of benzene rings is 2. The number of thioether (sulfide) groups is 1. The van der Waals surface area contributed by atoms with E-state index in [1.807, 2.05) is 6.07 Å². The number of nitrogens with one attached hydrogen (secondary N) is 1. The molecular formula is C23H16F3N3O3S2. The van der Waals surface area contributed by atoms with Crippen LogP contribution >= 0.6 is 23.1 Å². The molecule has 3 amide bonds. The molecule has 1 aliphatic rings. The number of imide groups is 1. The van der Waals surface area contributed by atoms with Crippen molar-refractivity contribution in [3.8, 4) is 0 Å². The Morgan fingerprint density at radius 2 is 1.85 bits per heavy atom. The molecule has 174 valence electrons. The second-order valence-electron chi connectivity index (χ2n) is 7.23. The molecule has 1 saturated heterocycles. The van der Waals surface area contributed by atoms with Crippen LogP contribution in [0.25, 0.3) is 6.08 Å². The lowest BCUT2D eigenvalue weighted by molar-refractivity contribution is -0.137. The number of hydrogen-bond donors (Lipinski definition) is 1. The van der Waals surface area contributed by atoms with Crippen molar-refractivity contribution in [2.24, 2.45) is 0 Å². The van der Waals surface area contributed by atoms with Crippen LogP contribution in [0.2, 0.25) is 0 Å². The minimum Gasteiger partial charge on any atom is -0.300 e. The van der Waals surface area contributed by atoms with Gasteiger partial charge in [0.05, 0.1) is 10.5 Å². The first-order valence-electron chi connectivity index (χ1n) is 9.90. The first-order chi connectivity index (χ1) is 16.2. The summed E-state index contributed by atoms with van der Waals surface area (Å²) < 4.78 is 38.7. The number of halogens is 3. The van der Waals surface area contributed by atoms with Crippen molar-refractivity contribution in [3.05, 3.63) is 87.3 Å². The number of nitrogens with zero attached hydrogens (tertiary/aromatic N) is 2. The number of aromatic nitrogens is 1. The van der Waals surface area contributed by atoms with Crippen LogP contribution in [-0.4, -0.2) is 33.5 Å². The van der Waals surface area contributed by atoms with Crippen LogP contribution in [0.15, 0.2) is 65.7 Å². The summed E-state index contributed by atoms with van der Waals surface area (Å²) in [6.07, 6.45) is -1.17. The van der Waals surface area contributed by atoms with E-state index in [9.17, 15) is 27.6 Å². The lowest BCUT2D eigenvalue weighted by Gasteiger charge is -2.11. The summed E-state index contributed by atoms with van der Waals surface area (Å²) in [5.41, 5.74) is 0.481. The van der Waals surface area contributed by atoms with E-state index in [0.29, 0.717) is 10.4 Å². The van der Waals surface area contributed by atoms with Crippen LogP contribution in [0, 0.1) is 0 Å². The first kappa shape index (κ1) is 23.7. The summed E-state index contributed by atoms with van der Waals surface area (Å²) in [5, 5.41) is 2.20. The Labute approximate surface area is 200 Å². The van der Waals surface area contributed by atoms with E-state index in [4.69, 9.17) is 0 Å². The normalized spacial score (nSPS) is 15.3. The number of alkyl halides is 3. The molecule has 3 aromatic rings. The molecule has 1 aliphatic heterocycles. The van der Waals surface area contributed by atoms with Gasteiger partial charge in [-0.25, -0.2) is 4.98 Å². The fourth-order valence-corrected chi connectivity index (χ4v) is 4.85. The molecular weight excluding hydrogens is 487 g/mol. The molecule has 2 heterocycles. The highest BCUT2D eigenvalue weighted by Crippen LogP contribution is 2.33. The van der Waals surface area contributed by atoms with Gasteiger partial charge in [0.2, 0.25) is 5.91 Å². The van der Waals surface area contributed by atoms with Crippen LogP contribution in [-0.2, 0) is 22.2 Å². The maximum absolute atomic E-state index is 12.9. The van der Waals surface area contributed by atoms with Crippen LogP contribution in [0.5, 0.6) is 0 Å². The molecule has 1 fully saturated rings. The highest BCUT2D eigenvalue weighted by Gasteiger charge is 2.36. The van der Waals surface area contributed by atoms with Gasteiger partial charge in [0, 0.05) is 17.5 Å². The van der Waals surface area contributed by atoms with Gasteiger partial charge in [-0.1, -0.05) is 48.5 Å². The maximum Gasteiger partial charge on any atom is 0.416 e. The summed E-state index contributed by atoms with van der Waals surface area (Å²) in [6, 6.07) is 14.0. The molecule has 0 bridgehead atoms. The number of carbonyl (C=O) groups is 3. The molecule has 1 N–H and O–H groups in total. The van der Waals surface area contributed by atoms with E-state index >= 15 is 0 Å². The monoisotopic (exact) mass is 503 g/mol. The fourth-order valence-electron chi connectivity index (χ4n) is 3.15. The second-order valence-corrected chi connectivity index (χ2v) is 9.34. The smallest absolute Gasteiger partial charge is 0.300 e. The molecule has 0 spiro atoms. The molecule has 0 unspecified atom stereocenters. The van der Waals surface area contributed by atoms with Gasteiger partial charge in [0.1, 0.15) is 6.54 Å². The zero-order valence-electron chi connectivity index (χ0n) is 17.3. The number of hydrogen-bond acceptors (Lipinski definition) is 6. The van der Waals surface area contributed by atoms with Crippen LogP contribution in [0.3, 0.4) is 0 Å². The Bertz CT molecular complexity index is 1270. The van der Waals surface area contributed by atoms with Crippen LogP contribution in [0.4, 0.5) is 23.1 Å². The van der Waals surface area contributed by atoms with E-state index in [1.54, 1.807) is 36.4 Å². The first-order valence-corrected chi connectivity index (χ1v) is 11.5. The van der Waals surface area contributed by atoms with Crippen molar-refractivity contribution >= 4 is 51.4 Å². The average molecular weight is 504 g/mol. The van der Waals surface area contributed by atoms with Gasteiger partial charge >= 0.3 is 6.18 Å². The summed E-state index contributed by atoms with van der Waals surface area (Å²) in [4.78, 5) is 43.0. The summed E-state index contributed by atoms with van der Waals surface area (Å²) in [5.74, 6) is -1.17. The minimum absolute atomic E-state index is 0.213. The Hall–Kier alpha value is -3.44. The van der Waals surface area contributed by atoms with Crippen molar-refractivity contribution in [1.29, 1.82) is 0 Å². The molecule has 0 aliphatic carbocycles. The summed E-state index contributed by atoms with van der Waals surface area (Å²) in [7, 11) is 0. The molecule has 4 rings (SSSR count). The second kappa shape index (κ2) is 9.82. The van der Waals surface area contributed by atoms with E-state index < -0.39 is 35.3 Å². The van der Waals surface area contributed by atoms with Crippen molar-refractivity contribution < 1.29 is 27.6 Å². The summed E-state index contributed by atoms with van der Waals surface area (Å²) >= 11 is 1.86. The quantitative estimate of drug-likeness (QED) is 0.454. The third-order valence-corrected chi connectivity index (χ3v) is 6.53. The number of amides is 3. The van der Waals surface area contributed by atoms with Gasteiger partial charge in [-0.05, 0) is 35.0 Å². The number of anilines is 1. The molecule has 1 aromatic heterocycles. The predicted molar refractivity (Wildman–Crippen MR) is 124 cm³/mol. The Kier molecular flexibility index (Phi) is 6.85. The predicted octanol–water partition coefficient (Wildman–Crippen LogP) is 5.43. The molecule has 11 heteroatoms. The van der Waals surface area contributed by atoms with Gasteiger partial charge in [0.15, 0.2) is 5.13 Å². The van der Waals surface area contributed by atoms with Crippen molar-refractivity contribution in [2.75, 3.05) is 11.9 Å². The number of thiazole rings is 1. The molecule has 0 saturated carbocycles. The Morgan fingerprint density at radius 3 is 2.59 bits per heavy atom. The van der Waals surface area contributed by atoms with Gasteiger partial charge in [0.25, 0.3) is 11.1 Å². The van der Waals surface area contributed by atoms with Crippen molar-refractivity contribution in [3.63, 3.8) is 0 Å². The number of carbonyl (C=O) groups excluding carboxylic acids is 3. The third-order valence-electron chi connectivity index (χ3n) is 4.71. The zero-order chi connectivity index (χ0) is 24.3. The lowest BCUT2D eigenvalue weighted by atomic mass is 10.1. The van der Waals surface area contributed by atoms with Gasteiger partial charge in [-0.3, -0.25) is 19.3 Å². The van der Waals surface area contributed by atoms with Gasteiger partial charge in [-0.15, -0.1) is 11.3 Å². The van der Waals surface area contributed by atoms with Crippen molar-refractivity contribution in [2.45, 2.75) is 12.6 Å². The third kappa shape index (κ3) is 5.72. The topological polar surface area (TPSA) is 79.4 Å². The Morgan fingerprint density at radius 1 is 1.09 bits per heavy atom. The fraction of sp³-hybridized carbons (Fsp3) is 0.130. The van der Waals surface area contributed by atoms with E-state index in [1.165, 1.54) is 12.3 Å². The highest BCUT2D eigenvalue weighted by molar-refractivity contribution is 8.18. The SMILES string of the molecule is O=C(CN1C(=O)S/C(=C\c2ccccc2)C1=O)Nc1ncc(Cc2cccc(C(F)(F)F)c2)s1. The summed E-state index contributed by atoms with van der Waals surface area (Å²) in [6.45, 7) is -0.473. The standard InChI is InChI=1S/C23H16F3N3O3S2/c24-23(25,26)16-8-4-7-15(9-16)10-17-12-27-21(33-17)28-19(30)13-29-20(31)18(34-22(29)32)11-14-5-2-1-3-6-14/h1-9,11-12H,10,13H2,(H,27,28,30)/b18-11-. The van der Waals surface area contributed by atoms with Crippen LogP contribution in [0.1, 0.15) is 21.6 Å². The van der Waals surface area contributed by atoms with Gasteiger partial charge in [-0.2, -0.15) is 13.2 Å². The molecule has 0 radical (unpaired) electrons. The number of rotatable bonds is 6. The minimum atomic E-state index is -4.43. The Balaban J connectivity index is 1.37. The van der Waals surface area contributed by atoms with E-state index in [2.05, 4.69) is 10.3 Å². The molecule has 34 heavy (non-hydrogen) atoms. The van der Waals surface area contributed by atoms with E-state index in [0.717, 1.165) is 45.7 Å². The van der Waals surface area contributed by atoms with Gasteiger partial charge < -0.3 is 5.32 Å². The zero-order valence-corrected chi connectivity index (χ0v) is 19.0. The lowest BCUT2D eigenvalue weighted by Crippen LogP contribution is -2.36.